The molecule has 0 aliphatic rings. The minimum Gasteiger partial charge on any atom is -0.317 e. The van der Waals surface area contributed by atoms with Gasteiger partial charge in [0, 0.05) is 11.8 Å². The van der Waals surface area contributed by atoms with Gasteiger partial charge in [0.2, 0.25) is 0 Å². The number of unbranched alkanes of at least 4 members (excludes halogenated alkanes) is 2. The lowest BCUT2D eigenvalue weighted by atomic mass is 10.2. The van der Waals surface area contributed by atoms with Crippen molar-refractivity contribution in [3.8, 4) is 0 Å². The Hall–Kier alpha value is 0.230. The van der Waals surface area contributed by atoms with E-state index in [-0.39, 0.29) is 6.42 Å². The first kappa shape index (κ1) is 14.2. The van der Waals surface area contributed by atoms with E-state index < -0.39 is 12.6 Å². The molecular formula is C9H17BrF3N. The van der Waals surface area contributed by atoms with E-state index in [9.17, 15) is 13.2 Å². The van der Waals surface area contributed by atoms with Crippen molar-refractivity contribution in [2.75, 3.05) is 18.4 Å². The van der Waals surface area contributed by atoms with Crippen LogP contribution in [0.2, 0.25) is 0 Å². The molecule has 0 amide bonds. The molecule has 1 nitrogen and oxygen atoms in total. The summed E-state index contributed by atoms with van der Waals surface area (Å²) in [4.78, 5) is 0. The maximum Gasteiger partial charge on any atom is 0.389 e. The van der Waals surface area contributed by atoms with Crippen molar-refractivity contribution in [3.05, 3.63) is 0 Å². The SMILES string of the molecule is FC(F)(F)CCCNCCCCCBr. The van der Waals surface area contributed by atoms with E-state index >= 15 is 0 Å². The van der Waals surface area contributed by atoms with E-state index in [1.807, 2.05) is 0 Å². The summed E-state index contributed by atoms with van der Waals surface area (Å²) in [5, 5.41) is 4.00. The third kappa shape index (κ3) is 12.2. The van der Waals surface area contributed by atoms with Crippen LogP contribution in [-0.2, 0) is 0 Å². The zero-order valence-corrected chi connectivity index (χ0v) is 9.75. The van der Waals surface area contributed by atoms with Crippen molar-refractivity contribution in [2.45, 2.75) is 38.3 Å². The highest BCUT2D eigenvalue weighted by atomic mass is 79.9. The lowest BCUT2D eigenvalue weighted by Crippen LogP contribution is -2.19. The summed E-state index contributed by atoms with van der Waals surface area (Å²) in [6.07, 6.45) is -1.21. The quantitative estimate of drug-likeness (QED) is 0.528. The molecule has 0 aliphatic carbocycles. The van der Waals surface area contributed by atoms with Gasteiger partial charge in [-0.2, -0.15) is 13.2 Å². The number of alkyl halides is 4. The Balaban J connectivity index is 2.99. The Kier molecular flexibility index (Phi) is 8.67. The first-order valence-corrected chi connectivity index (χ1v) is 6.02. The number of rotatable bonds is 8. The molecule has 0 radical (unpaired) electrons. The topological polar surface area (TPSA) is 12.0 Å². The number of halogens is 4. The number of nitrogens with one attached hydrogen (secondary N) is 1. The van der Waals surface area contributed by atoms with Gasteiger partial charge >= 0.3 is 6.18 Å². The molecular weight excluding hydrogens is 259 g/mol. The van der Waals surface area contributed by atoms with Crippen LogP contribution in [-0.4, -0.2) is 24.6 Å². The van der Waals surface area contributed by atoms with Gasteiger partial charge in [-0.1, -0.05) is 22.4 Å². The summed E-state index contributed by atoms with van der Waals surface area (Å²) in [7, 11) is 0. The molecule has 0 fully saturated rings. The van der Waals surface area contributed by atoms with Crippen LogP contribution in [0.3, 0.4) is 0 Å². The van der Waals surface area contributed by atoms with Crippen molar-refractivity contribution in [1.29, 1.82) is 0 Å². The highest BCUT2D eigenvalue weighted by molar-refractivity contribution is 9.09. The molecule has 0 atom stereocenters. The fourth-order valence-electron chi connectivity index (χ4n) is 1.06. The average molecular weight is 276 g/mol. The molecule has 0 aliphatic heterocycles. The maximum absolute atomic E-state index is 11.7. The van der Waals surface area contributed by atoms with Crippen LogP contribution in [0.5, 0.6) is 0 Å². The Morgan fingerprint density at radius 1 is 0.929 bits per heavy atom. The summed E-state index contributed by atoms with van der Waals surface area (Å²) in [5.41, 5.74) is 0. The Labute approximate surface area is 91.6 Å². The molecule has 0 saturated carbocycles. The molecule has 0 spiro atoms. The highest BCUT2D eigenvalue weighted by Crippen LogP contribution is 2.20. The summed E-state index contributed by atoms with van der Waals surface area (Å²) >= 11 is 3.32. The molecule has 0 heterocycles. The van der Waals surface area contributed by atoms with Crippen LogP contribution >= 0.6 is 15.9 Å². The first-order valence-electron chi connectivity index (χ1n) is 4.89. The van der Waals surface area contributed by atoms with Gasteiger partial charge in [0.05, 0.1) is 0 Å². The van der Waals surface area contributed by atoms with Gasteiger partial charge in [0.1, 0.15) is 0 Å². The van der Waals surface area contributed by atoms with Crippen molar-refractivity contribution in [2.24, 2.45) is 0 Å². The second-order valence-electron chi connectivity index (χ2n) is 3.22. The van der Waals surface area contributed by atoms with Gasteiger partial charge in [-0.05, 0) is 32.4 Å². The maximum atomic E-state index is 11.7. The number of hydrogen-bond donors (Lipinski definition) is 1. The standard InChI is InChI=1S/C9H17BrF3N/c10-6-2-1-3-7-14-8-4-5-9(11,12)13/h14H,1-8H2. The smallest absolute Gasteiger partial charge is 0.317 e. The number of hydrogen-bond acceptors (Lipinski definition) is 1. The fraction of sp³-hybridized carbons (Fsp3) is 1.00. The molecule has 0 aromatic rings. The predicted octanol–water partition coefficient (Wildman–Crippen LogP) is 3.48. The van der Waals surface area contributed by atoms with Gasteiger partial charge in [0.15, 0.2) is 0 Å². The molecule has 0 aromatic heterocycles. The van der Waals surface area contributed by atoms with Crippen LogP contribution in [0.25, 0.3) is 0 Å². The Bertz CT molecular complexity index is 128. The van der Waals surface area contributed by atoms with Crippen molar-refractivity contribution in [1.82, 2.24) is 5.32 Å². The van der Waals surface area contributed by atoms with E-state index in [1.165, 1.54) is 0 Å². The monoisotopic (exact) mass is 275 g/mol. The van der Waals surface area contributed by atoms with Crippen LogP contribution in [0.1, 0.15) is 32.1 Å². The second-order valence-corrected chi connectivity index (χ2v) is 4.01. The van der Waals surface area contributed by atoms with Gasteiger partial charge in [-0.25, -0.2) is 0 Å². The second kappa shape index (κ2) is 8.53. The zero-order chi connectivity index (χ0) is 10.9. The van der Waals surface area contributed by atoms with E-state index in [1.54, 1.807) is 0 Å². The van der Waals surface area contributed by atoms with Gasteiger partial charge in [-0.3, -0.25) is 0 Å². The third-order valence-electron chi connectivity index (χ3n) is 1.80. The lowest BCUT2D eigenvalue weighted by Gasteiger charge is -2.06. The summed E-state index contributed by atoms with van der Waals surface area (Å²) < 4.78 is 35.1. The average Bonchev–Trinajstić information content (AvgIpc) is 2.08. The summed E-state index contributed by atoms with van der Waals surface area (Å²) in [6, 6.07) is 0. The molecule has 0 aromatic carbocycles. The Morgan fingerprint density at radius 2 is 1.57 bits per heavy atom. The zero-order valence-electron chi connectivity index (χ0n) is 8.17. The van der Waals surface area contributed by atoms with E-state index in [0.29, 0.717) is 6.54 Å². The first-order chi connectivity index (χ1) is 6.56. The van der Waals surface area contributed by atoms with E-state index in [2.05, 4.69) is 21.2 Å². The largest absolute Gasteiger partial charge is 0.389 e. The van der Waals surface area contributed by atoms with Gasteiger partial charge in [-0.15, -0.1) is 0 Å². The van der Waals surface area contributed by atoms with Crippen molar-refractivity contribution < 1.29 is 13.2 Å². The molecule has 0 bridgehead atoms. The molecule has 0 unspecified atom stereocenters. The molecule has 1 N–H and O–H groups in total. The molecule has 0 rings (SSSR count). The minimum atomic E-state index is -4.00. The molecule has 5 heteroatoms. The minimum absolute atomic E-state index is 0.182. The van der Waals surface area contributed by atoms with Crippen LogP contribution in [0.15, 0.2) is 0 Å². The van der Waals surface area contributed by atoms with Crippen molar-refractivity contribution in [3.63, 3.8) is 0 Å². The summed E-state index contributed by atoms with van der Waals surface area (Å²) in [5.74, 6) is 0. The fourth-order valence-corrected chi connectivity index (χ4v) is 1.46. The summed E-state index contributed by atoms with van der Waals surface area (Å²) in [6.45, 7) is 1.29. The lowest BCUT2D eigenvalue weighted by molar-refractivity contribution is -0.135. The van der Waals surface area contributed by atoms with Gasteiger partial charge < -0.3 is 5.32 Å². The highest BCUT2D eigenvalue weighted by Gasteiger charge is 2.25. The molecule has 14 heavy (non-hydrogen) atoms. The Morgan fingerprint density at radius 3 is 2.14 bits per heavy atom. The van der Waals surface area contributed by atoms with E-state index in [0.717, 1.165) is 31.1 Å². The van der Waals surface area contributed by atoms with E-state index in [4.69, 9.17) is 0 Å². The normalized spacial score (nSPS) is 12.0. The van der Waals surface area contributed by atoms with Gasteiger partial charge in [0.25, 0.3) is 0 Å². The predicted molar refractivity (Wildman–Crippen MR) is 55.8 cm³/mol. The van der Waals surface area contributed by atoms with Crippen molar-refractivity contribution >= 4 is 15.9 Å². The molecule has 0 saturated heterocycles. The van der Waals surface area contributed by atoms with Crippen LogP contribution in [0.4, 0.5) is 13.2 Å². The molecule has 86 valence electrons. The van der Waals surface area contributed by atoms with Crippen LogP contribution < -0.4 is 5.32 Å². The van der Waals surface area contributed by atoms with Crippen LogP contribution in [0, 0.1) is 0 Å². The third-order valence-corrected chi connectivity index (χ3v) is 2.36.